The lowest BCUT2D eigenvalue weighted by Crippen LogP contribution is -2.22. The van der Waals surface area contributed by atoms with E-state index in [2.05, 4.69) is 20.4 Å². The summed E-state index contributed by atoms with van der Waals surface area (Å²) < 4.78 is 1.82. The highest BCUT2D eigenvalue weighted by molar-refractivity contribution is 5.91. The molecular weight excluding hydrogens is 266 g/mol. The second-order valence-corrected chi connectivity index (χ2v) is 4.97. The molecule has 0 saturated heterocycles. The SMILES string of the molecule is Cc1nn(C)c(C)c1/C=C/C(=O)NCCCc1ncc[nH]1. The Kier molecular flexibility index (Phi) is 4.92. The summed E-state index contributed by atoms with van der Waals surface area (Å²) in [6, 6.07) is 0. The lowest BCUT2D eigenvalue weighted by molar-refractivity contribution is -0.116. The first-order valence-electron chi connectivity index (χ1n) is 7.02. The molecule has 0 aromatic carbocycles. The van der Waals surface area contributed by atoms with E-state index in [1.54, 1.807) is 18.5 Å². The first kappa shape index (κ1) is 15.0. The smallest absolute Gasteiger partial charge is 0.244 e. The molecule has 0 aliphatic heterocycles. The largest absolute Gasteiger partial charge is 0.353 e. The van der Waals surface area contributed by atoms with Crippen LogP contribution in [0.4, 0.5) is 0 Å². The van der Waals surface area contributed by atoms with Crippen molar-refractivity contribution in [1.82, 2.24) is 25.1 Å². The van der Waals surface area contributed by atoms with Gasteiger partial charge in [-0.25, -0.2) is 4.98 Å². The zero-order valence-electron chi connectivity index (χ0n) is 12.7. The van der Waals surface area contributed by atoms with E-state index in [0.717, 1.165) is 35.6 Å². The van der Waals surface area contributed by atoms with Crippen molar-refractivity contribution in [3.63, 3.8) is 0 Å². The third-order valence-electron chi connectivity index (χ3n) is 3.41. The molecule has 6 nitrogen and oxygen atoms in total. The van der Waals surface area contributed by atoms with E-state index in [4.69, 9.17) is 0 Å². The van der Waals surface area contributed by atoms with Gasteiger partial charge >= 0.3 is 0 Å². The average molecular weight is 287 g/mol. The molecule has 0 saturated carbocycles. The Bertz CT molecular complexity index is 625. The van der Waals surface area contributed by atoms with Crippen LogP contribution in [0, 0.1) is 13.8 Å². The molecule has 0 atom stereocenters. The minimum atomic E-state index is -0.0860. The van der Waals surface area contributed by atoms with Gasteiger partial charge in [-0.3, -0.25) is 9.48 Å². The number of carbonyl (C=O) groups excluding carboxylic acids is 1. The van der Waals surface area contributed by atoms with Gasteiger partial charge in [0.2, 0.25) is 5.91 Å². The van der Waals surface area contributed by atoms with Gasteiger partial charge in [-0.2, -0.15) is 5.10 Å². The van der Waals surface area contributed by atoms with Crippen molar-refractivity contribution in [2.45, 2.75) is 26.7 Å². The van der Waals surface area contributed by atoms with Crippen LogP contribution in [0.3, 0.4) is 0 Å². The first-order valence-corrected chi connectivity index (χ1v) is 7.02. The molecule has 2 aromatic heterocycles. The predicted octanol–water partition coefficient (Wildman–Crippen LogP) is 1.52. The number of imidazole rings is 1. The number of aromatic amines is 1. The summed E-state index contributed by atoms with van der Waals surface area (Å²) in [4.78, 5) is 18.9. The summed E-state index contributed by atoms with van der Waals surface area (Å²) in [5, 5.41) is 7.18. The van der Waals surface area contributed by atoms with Crippen molar-refractivity contribution < 1.29 is 4.79 Å². The van der Waals surface area contributed by atoms with Gasteiger partial charge in [-0.1, -0.05) is 0 Å². The molecule has 2 N–H and O–H groups in total. The standard InChI is InChI=1S/C15H21N5O/c1-11-13(12(2)20(3)19-11)6-7-15(21)18-8-4-5-14-16-9-10-17-14/h6-7,9-10H,4-5,8H2,1-3H3,(H,16,17)(H,18,21)/b7-6+. The van der Waals surface area contributed by atoms with Crippen molar-refractivity contribution in [2.75, 3.05) is 6.54 Å². The van der Waals surface area contributed by atoms with Gasteiger partial charge in [-0.05, 0) is 26.3 Å². The molecular formula is C15H21N5O. The van der Waals surface area contributed by atoms with Gasteiger partial charge in [0.25, 0.3) is 0 Å². The van der Waals surface area contributed by atoms with E-state index in [-0.39, 0.29) is 5.91 Å². The highest BCUT2D eigenvalue weighted by atomic mass is 16.1. The maximum atomic E-state index is 11.8. The predicted molar refractivity (Wildman–Crippen MR) is 81.6 cm³/mol. The zero-order valence-corrected chi connectivity index (χ0v) is 12.7. The molecule has 2 rings (SSSR count). The summed E-state index contributed by atoms with van der Waals surface area (Å²) in [6.07, 6.45) is 8.60. The quantitative estimate of drug-likeness (QED) is 0.625. The molecule has 0 fully saturated rings. The van der Waals surface area contributed by atoms with E-state index < -0.39 is 0 Å². The van der Waals surface area contributed by atoms with Crippen LogP contribution in [-0.4, -0.2) is 32.2 Å². The summed E-state index contributed by atoms with van der Waals surface area (Å²) >= 11 is 0. The highest BCUT2D eigenvalue weighted by Crippen LogP contribution is 2.13. The third-order valence-corrected chi connectivity index (χ3v) is 3.41. The number of aryl methyl sites for hydroxylation is 3. The Morgan fingerprint density at radius 1 is 1.48 bits per heavy atom. The number of H-pyrrole nitrogens is 1. The van der Waals surface area contributed by atoms with Crippen LogP contribution >= 0.6 is 0 Å². The normalized spacial score (nSPS) is 11.2. The minimum Gasteiger partial charge on any atom is -0.353 e. The van der Waals surface area contributed by atoms with Gasteiger partial charge in [0.15, 0.2) is 0 Å². The van der Waals surface area contributed by atoms with E-state index >= 15 is 0 Å². The third kappa shape index (κ3) is 4.05. The summed E-state index contributed by atoms with van der Waals surface area (Å²) in [5.74, 6) is 0.860. The number of nitrogens with zero attached hydrogens (tertiary/aromatic N) is 3. The fraction of sp³-hybridized carbons (Fsp3) is 0.400. The monoisotopic (exact) mass is 287 g/mol. The molecule has 0 radical (unpaired) electrons. The van der Waals surface area contributed by atoms with Crippen molar-refractivity contribution in [2.24, 2.45) is 7.05 Å². The first-order chi connectivity index (χ1) is 10.1. The Balaban J connectivity index is 1.77. The van der Waals surface area contributed by atoms with Gasteiger partial charge < -0.3 is 10.3 Å². The molecule has 2 aromatic rings. The van der Waals surface area contributed by atoms with Crippen LogP contribution in [0.1, 0.15) is 29.2 Å². The van der Waals surface area contributed by atoms with Crippen LogP contribution in [-0.2, 0) is 18.3 Å². The highest BCUT2D eigenvalue weighted by Gasteiger charge is 2.06. The Morgan fingerprint density at radius 2 is 2.29 bits per heavy atom. The maximum absolute atomic E-state index is 11.8. The van der Waals surface area contributed by atoms with Gasteiger partial charge in [-0.15, -0.1) is 0 Å². The lowest BCUT2D eigenvalue weighted by atomic mass is 10.2. The fourth-order valence-corrected chi connectivity index (χ4v) is 2.15. The van der Waals surface area contributed by atoms with E-state index in [1.165, 1.54) is 0 Å². The van der Waals surface area contributed by atoms with Crippen LogP contribution in [0.2, 0.25) is 0 Å². The van der Waals surface area contributed by atoms with Gasteiger partial charge in [0.05, 0.1) is 5.69 Å². The number of amides is 1. The Hall–Kier alpha value is -2.37. The number of hydrogen-bond donors (Lipinski definition) is 2. The van der Waals surface area contributed by atoms with Crippen molar-refractivity contribution >= 4 is 12.0 Å². The van der Waals surface area contributed by atoms with Crippen molar-refractivity contribution in [1.29, 1.82) is 0 Å². The number of aromatic nitrogens is 4. The van der Waals surface area contributed by atoms with Crippen LogP contribution < -0.4 is 5.32 Å². The Labute approximate surface area is 124 Å². The second kappa shape index (κ2) is 6.88. The number of carbonyl (C=O) groups is 1. The molecule has 0 aliphatic carbocycles. The molecule has 112 valence electrons. The van der Waals surface area contributed by atoms with E-state index in [0.29, 0.717) is 6.54 Å². The maximum Gasteiger partial charge on any atom is 0.244 e. The van der Waals surface area contributed by atoms with E-state index in [9.17, 15) is 4.79 Å². The number of rotatable bonds is 6. The van der Waals surface area contributed by atoms with Crippen molar-refractivity contribution in [3.05, 3.63) is 41.2 Å². The molecule has 21 heavy (non-hydrogen) atoms. The average Bonchev–Trinajstić information content (AvgIpc) is 3.03. The van der Waals surface area contributed by atoms with Gasteiger partial charge in [0, 0.05) is 49.7 Å². The Morgan fingerprint density at radius 3 is 2.90 bits per heavy atom. The van der Waals surface area contributed by atoms with Crippen LogP contribution in [0.25, 0.3) is 6.08 Å². The summed E-state index contributed by atoms with van der Waals surface area (Å²) in [7, 11) is 1.90. The molecule has 6 heteroatoms. The second-order valence-electron chi connectivity index (χ2n) is 4.97. The zero-order chi connectivity index (χ0) is 15.2. The number of nitrogens with one attached hydrogen (secondary N) is 2. The topological polar surface area (TPSA) is 75.6 Å². The molecule has 0 unspecified atom stereocenters. The molecule has 1 amide bonds. The van der Waals surface area contributed by atoms with Crippen LogP contribution in [0.15, 0.2) is 18.5 Å². The molecule has 2 heterocycles. The lowest BCUT2D eigenvalue weighted by Gasteiger charge is -2.01. The van der Waals surface area contributed by atoms with E-state index in [1.807, 2.05) is 31.7 Å². The minimum absolute atomic E-state index is 0.0860. The van der Waals surface area contributed by atoms with Crippen molar-refractivity contribution in [3.8, 4) is 0 Å². The fourth-order valence-electron chi connectivity index (χ4n) is 2.15. The number of hydrogen-bond acceptors (Lipinski definition) is 3. The van der Waals surface area contributed by atoms with Gasteiger partial charge in [0.1, 0.15) is 5.82 Å². The molecule has 0 spiro atoms. The summed E-state index contributed by atoms with van der Waals surface area (Å²) in [5.41, 5.74) is 2.98. The molecule has 0 bridgehead atoms. The van der Waals surface area contributed by atoms with Crippen LogP contribution in [0.5, 0.6) is 0 Å². The molecule has 0 aliphatic rings. The summed E-state index contributed by atoms with van der Waals surface area (Å²) in [6.45, 7) is 4.56.